The van der Waals surface area contributed by atoms with Crippen molar-refractivity contribution in [3.8, 4) is 0 Å². The summed E-state index contributed by atoms with van der Waals surface area (Å²) in [4.78, 5) is 4.77. The van der Waals surface area contributed by atoms with E-state index in [1.807, 2.05) is 0 Å². The molecule has 116 valence electrons. The van der Waals surface area contributed by atoms with Crippen LogP contribution in [0.2, 0.25) is 0 Å². The summed E-state index contributed by atoms with van der Waals surface area (Å²) >= 11 is 0. The van der Waals surface area contributed by atoms with Gasteiger partial charge in [-0.15, -0.1) is 0 Å². The molecular formula is C16H23F2N3. The molecule has 3 rings (SSSR count). The summed E-state index contributed by atoms with van der Waals surface area (Å²) in [5.74, 6) is -1.63. The third-order valence-electron chi connectivity index (χ3n) is 5.07. The molecule has 2 N–H and O–H groups in total. The van der Waals surface area contributed by atoms with E-state index >= 15 is 0 Å². The van der Waals surface area contributed by atoms with Crippen LogP contribution < -0.4 is 5.73 Å². The van der Waals surface area contributed by atoms with Gasteiger partial charge in [-0.05, 0) is 38.9 Å². The Morgan fingerprint density at radius 1 is 1.24 bits per heavy atom. The SMILES string of the molecule is CN1C2CCC1CN(CC(N)c1cccc(F)c1F)CC2. The van der Waals surface area contributed by atoms with E-state index < -0.39 is 17.7 Å². The highest BCUT2D eigenvalue weighted by Crippen LogP contribution is 2.29. The minimum Gasteiger partial charge on any atom is -0.323 e. The van der Waals surface area contributed by atoms with Gasteiger partial charge >= 0.3 is 0 Å². The van der Waals surface area contributed by atoms with Crippen molar-refractivity contribution in [1.29, 1.82) is 0 Å². The average molecular weight is 295 g/mol. The van der Waals surface area contributed by atoms with Crippen molar-refractivity contribution in [1.82, 2.24) is 9.80 Å². The summed E-state index contributed by atoms with van der Waals surface area (Å²) in [7, 11) is 2.19. The summed E-state index contributed by atoms with van der Waals surface area (Å²) in [6.45, 7) is 2.53. The van der Waals surface area contributed by atoms with Gasteiger partial charge in [0.2, 0.25) is 0 Å². The smallest absolute Gasteiger partial charge is 0.163 e. The van der Waals surface area contributed by atoms with Crippen molar-refractivity contribution >= 4 is 0 Å². The summed E-state index contributed by atoms with van der Waals surface area (Å²) in [6.07, 6.45) is 3.63. The second kappa shape index (κ2) is 5.99. The first kappa shape index (κ1) is 14.9. The normalized spacial score (nSPS) is 28.6. The maximum Gasteiger partial charge on any atom is 0.163 e. The first-order chi connectivity index (χ1) is 10.1. The fourth-order valence-electron chi connectivity index (χ4n) is 3.73. The zero-order valence-corrected chi connectivity index (χ0v) is 12.4. The molecule has 0 amide bonds. The number of hydrogen-bond donors (Lipinski definition) is 1. The van der Waals surface area contributed by atoms with Gasteiger partial charge in [0.15, 0.2) is 11.6 Å². The highest BCUT2D eigenvalue weighted by Gasteiger charge is 2.35. The molecular weight excluding hydrogens is 272 g/mol. The van der Waals surface area contributed by atoms with Gasteiger partial charge in [0, 0.05) is 36.8 Å². The standard InChI is InChI=1S/C16H23F2N3/c1-20-11-5-6-12(20)9-21(8-7-11)10-15(19)13-3-2-4-14(17)16(13)18/h2-4,11-12,15H,5-10,19H2,1H3. The molecule has 0 aromatic heterocycles. The lowest BCUT2D eigenvalue weighted by molar-refractivity contribution is 0.211. The molecule has 2 heterocycles. The molecule has 2 aliphatic rings. The van der Waals surface area contributed by atoms with Crippen molar-refractivity contribution < 1.29 is 8.78 Å². The van der Waals surface area contributed by atoms with Crippen LogP contribution >= 0.6 is 0 Å². The van der Waals surface area contributed by atoms with Crippen LogP contribution in [0, 0.1) is 11.6 Å². The van der Waals surface area contributed by atoms with E-state index in [9.17, 15) is 8.78 Å². The number of nitrogens with zero attached hydrogens (tertiary/aromatic N) is 2. The molecule has 2 aliphatic heterocycles. The predicted octanol–water partition coefficient (Wildman–Crippen LogP) is 2.13. The molecule has 0 radical (unpaired) electrons. The van der Waals surface area contributed by atoms with E-state index in [-0.39, 0.29) is 5.56 Å². The van der Waals surface area contributed by atoms with E-state index in [4.69, 9.17) is 5.73 Å². The lowest BCUT2D eigenvalue weighted by Crippen LogP contribution is -2.39. The maximum absolute atomic E-state index is 13.8. The number of rotatable bonds is 3. The lowest BCUT2D eigenvalue weighted by atomic mass is 10.0. The van der Waals surface area contributed by atoms with Crippen LogP contribution in [0.4, 0.5) is 8.78 Å². The van der Waals surface area contributed by atoms with E-state index in [2.05, 4.69) is 16.8 Å². The minimum atomic E-state index is -0.822. The van der Waals surface area contributed by atoms with Gasteiger partial charge in [-0.1, -0.05) is 12.1 Å². The third kappa shape index (κ3) is 2.96. The molecule has 2 bridgehead atoms. The largest absolute Gasteiger partial charge is 0.323 e. The number of likely N-dealkylation sites (tertiary alicyclic amines) is 1. The van der Waals surface area contributed by atoms with Crippen LogP contribution in [0.3, 0.4) is 0 Å². The zero-order valence-electron chi connectivity index (χ0n) is 12.4. The molecule has 0 aliphatic carbocycles. The van der Waals surface area contributed by atoms with E-state index in [0.29, 0.717) is 18.6 Å². The van der Waals surface area contributed by atoms with Gasteiger partial charge in [-0.25, -0.2) is 8.78 Å². The summed E-state index contributed by atoms with van der Waals surface area (Å²) < 4.78 is 27.1. The van der Waals surface area contributed by atoms with Gasteiger partial charge in [-0.2, -0.15) is 0 Å². The Morgan fingerprint density at radius 2 is 2.00 bits per heavy atom. The molecule has 0 saturated carbocycles. The first-order valence-electron chi connectivity index (χ1n) is 7.70. The van der Waals surface area contributed by atoms with E-state index in [1.54, 1.807) is 6.07 Å². The fourth-order valence-corrected chi connectivity index (χ4v) is 3.73. The maximum atomic E-state index is 13.8. The third-order valence-corrected chi connectivity index (χ3v) is 5.07. The first-order valence-corrected chi connectivity index (χ1v) is 7.70. The molecule has 1 aromatic rings. The monoisotopic (exact) mass is 295 g/mol. The number of hydrogen-bond acceptors (Lipinski definition) is 3. The van der Waals surface area contributed by atoms with Gasteiger partial charge < -0.3 is 5.73 Å². The number of benzene rings is 1. The molecule has 2 fully saturated rings. The van der Waals surface area contributed by atoms with E-state index in [0.717, 1.165) is 25.6 Å². The van der Waals surface area contributed by atoms with Gasteiger partial charge in [0.05, 0.1) is 0 Å². The summed E-state index contributed by atoms with van der Waals surface area (Å²) in [5.41, 5.74) is 6.39. The Hall–Kier alpha value is -1.04. The zero-order chi connectivity index (χ0) is 15.0. The van der Waals surface area contributed by atoms with Crippen molar-refractivity contribution in [3.05, 3.63) is 35.4 Å². The number of halogens is 2. The predicted molar refractivity (Wildman–Crippen MR) is 78.9 cm³/mol. The summed E-state index contributed by atoms with van der Waals surface area (Å²) in [5, 5.41) is 0. The molecule has 0 spiro atoms. The van der Waals surface area contributed by atoms with Crippen molar-refractivity contribution in [2.45, 2.75) is 37.4 Å². The van der Waals surface area contributed by atoms with E-state index in [1.165, 1.54) is 18.9 Å². The Bertz CT molecular complexity index is 508. The van der Waals surface area contributed by atoms with Gasteiger partial charge in [0.25, 0.3) is 0 Å². The molecule has 21 heavy (non-hydrogen) atoms. The van der Waals surface area contributed by atoms with Crippen LogP contribution in [0.15, 0.2) is 18.2 Å². The second-order valence-corrected chi connectivity index (χ2v) is 6.35. The fraction of sp³-hybridized carbons (Fsp3) is 0.625. The molecule has 3 atom stereocenters. The highest BCUT2D eigenvalue weighted by atomic mass is 19.2. The second-order valence-electron chi connectivity index (χ2n) is 6.35. The van der Waals surface area contributed by atoms with Crippen LogP contribution in [-0.4, -0.2) is 48.6 Å². The quantitative estimate of drug-likeness (QED) is 0.927. The van der Waals surface area contributed by atoms with Gasteiger partial charge in [-0.3, -0.25) is 9.80 Å². The minimum absolute atomic E-state index is 0.276. The summed E-state index contributed by atoms with van der Waals surface area (Å²) in [6, 6.07) is 4.99. The Kier molecular flexibility index (Phi) is 4.24. The molecule has 3 unspecified atom stereocenters. The van der Waals surface area contributed by atoms with Crippen molar-refractivity contribution in [2.75, 3.05) is 26.7 Å². The Labute approximate surface area is 124 Å². The number of likely N-dealkylation sites (N-methyl/N-ethyl adjacent to an activating group) is 1. The number of nitrogens with two attached hydrogens (primary N) is 1. The van der Waals surface area contributed by atoms with Crippen molar-refractivity contribution in [2.24, 2.45) is 5.73 Å². The van der Waals surface area contributed by atoms with Crippen LogP contribution in [0.5, 0.6) is 0 Å². The molecule has 1 aromatic carbocycles. The number of fused-ring (bicyclic) bond motifs is 2. The molecule has 5 heteroatoms. The Morgan fingerprint density at radius 3 is 2.81 bits per heavy atom. The average Bonchev–Trinajstić information content (AvgIpc) is 2.70. The highest BCUT2D eigenvalue weighted by molar-refractivity contribution is 5.22. The van der Waals surface area contributed by atoms with Crippen LogP contribution in [-0.2, 0) is 0 Å². The van der Waals surface area contributed by atoms with Crippen LogP contribution in [0.25, 0.3) is 0 Å². The topological polar surface area (TPSA) is 32.5 Å². The lowest BCUT2D eigenvalue weighted by Gasteiger charge is -2.28. The van der Waals surface area contributed by atoms with Crippen molar-refractivity contribution in [3.63, 3.8) is 0 Å². The molecule has 3 nitrogen and oxygen atoms in total. The Balaban J connectivity index is 1.67. The van der Waals surface area contributed by atoms with Gasteiger partial charge in [0.1, 0.15) is 0 Å². The van der Waals surface area contributed by atoms with Crippen LogP contribution in [0.1, 0.15) is 30.9 Å². The molecule has 2 saturated heterocycles.